The van der Waals surface area contributed by atoms with Gasteiger partial charge in [0, 0.05) is 11.3 Å². The van der Waals surface area contributed by atoms with Crippen LogP contribution in [0.1, 0.15) is 21.5 Å². The molecule has 0 fully saturated rings. The van der Waals surface area contributed by atoms with E-state index in [4.69, 9.17) is 21.9 Å². The average molecular weight is 445 g/mol. The van der Waals surface area contributed by atoms with Crippen LogP contribution in [0.5, 0.6) is 5.75 Å². The molecule has 0 unspecified atom stereocenters. The van der Waals surface area contributed by atoms with Crippen LogP contribution in [0.2, 0.25) is 0 Å². The lowest BCUT2D eigenvalue weighted by Gasteiger charge is -2.31. The van der Waals surface area contributed by atoms with Crippen molar-refractivity contribution < 1.29 is 34.1 Å². The Kier molecular flexibility index (Phi) is 5.62. The molecule has 3 rings (SSSR count). The second-order valence-corrected chi connectivity index (χ2v) is 9.35. The molecule has 11 heteroatoms. The fourth-order valence-electron chi connectivity index (χ4n) is 3.48. The van der Waals surface area contributed by atoms with Gasteiger partial charge in [0.25, 0.3) is 10.5 Å². The minimum atomic E-state index is -3.95. The number of aliphatic carboxylic acids is 1. The molecule has 2 amide bonds. The smallest absolute Gasteiger partial charge is 0.344 e. The topological polar surface area (TPSA) is 196 Å². The van der Waals surface area contributed by atoms with E-state index in [1.54, 1.807) is 0 Å². The van der Waals surface area contributed by atoms with Crippen LogP contribution in [-0.4, -0.2) is 39.2 Å². The van der Waals surface area contributed by atoms with Crippen LogP contribution in [0, 0.1) is 0 Å². The molecule has 1 aliphatic heterocycles. The molecular formula is C20H19N3O7S. The Morgan fingerprint density at radius 2 is 1.52 bits per heavy atom. The summed E-state index contributed by atoms with van der Waals surface area (Å²) in [7, 11) is -3.95. The summed E-state index contributed by atoms with van der Waals surface area (Å²) < 4.78 is 5.75. The number of ether oxygens (including phenoxy) is 1. The van der Waals surface area contributed by atoms with Crippen LogP contribution >= 0.6 is 10.0 Å². The first-order valence-corrected chi connectivity index (χ1v) is 10.5. The number of fused-ring (bicyclic) bond motifs is 1. The Morgan fingerprint density at radius 3 is 2.03 bits per heavy atom. The zero-order valence-electron chi connectivity index (χ0n) is 16.0. The number of carbonyl (C=O) groups excluding carboxylic acids is 2. The molecule has 0 aliphatic carbocycles. The molecule has 162 valence electrons. The summed E-state index contributed by atoms with van der Waals surface area (Å²) in [4.78, 5) is 47.5. The van der Waals surface area contributed by atoms with Gasteiger partial charge in [0.05, 0.1) is 23.4 Å². The van der Waals surface area contributed by atoms with Crippen molar-refractivity contribution in [2.24, 2.45) is 17.2 Å². The zero-order chi connectivity index (χ0) is 22.9. The number of carbonyl (C=O) groups is 4. The van der Waals surface area contributed by atoms with E-state index in [0.717, 1.165) is 11.6 Å². The van der Waals surface area contributed by atoms with Crippen molar-refractivity contribution in [2.45, 2.75) is 11.3 Å². The van der Waals surface area contributed by atoms with Crippen LogP contribution in [0.15, 0.2) is 52.3 Å². The molecule has 0 aromatic heterocycles. The standard InChI is InChI=1S/C20H19N3O7S/c21-14-13-12(30-9-8-10-4-2-1-3-5-10)7-6-11(17(24)25)15(13)31(19(22)28,20(23)29)16(14)18(26)27/h1-7H,8-9,21H2,(H2,22,28)(H2,23,29)(H,24,25)(H,26,27). The third-order valence-corrected chi connectivity index (χ3v) is 8.02. The molecule has 2 aromatic rings. The molecule has 0 radical (unpaired) electrons. The van der Waals surface area contributed by atoms with Crippen LogP contribution in [0.4, 0.5) is 9.59 Å². The minimum absolute atomic E-state index is 0.0176. The minimum Gasteiger partial charge on any atom is -0.492 e. The second kappa shape index (κ2) is 8.03. The van der Waals surface area contributed by atoms with Gasteiger partial charge in [0.15, 0.2) is 0 Å². The van der Waals surface area contributed by atoms with Crippen LogP contribution in [0.3, 0.4) is 0 Å². The maximum atomic E-state index is 12.4. The molecule has 2 aromatic carbocycles. The van der Waals surface area contributed by atoms with Gasteiger partial charge in [-0.2, -0.15) is 0 Å². The van der Waals surface area contributed by atoms with E-state index in [9.17, 15) is 29.4 Å². The predicted molar refractivity (Wildman–Crippen MR) is 113 cm³/mol. The van der Waals surface area contributed by atoms with Crippen molar-refractivity contribution in [2.75, 3.05) is 6.61 Å². The number of hydrogen-bond donors (Lipinski definition) is 5. The second-order valence-electron chi connectivity index (χ2n) is 6.50. The van der Waals surface area contributed by atoms with E-state index < -0.39 is 53.5 Å². The summed E-state index contributed by atoms with van der Waals surface area (Å²) in [6.45, 7) is 0.133. The number of nitrogens with two attached hydrogens (primary N) is 3. The van der Waals surface area contributed by atoms with Gasteiger partial charge in [-0.3, -0.25) is 9.59 Å². The number of amides is 2. The van der Waals surface area contributed by atoms with Crippen LogP contribution in [0.25, 0.3) is 5.70 Å². The molecule has 31 heavy (non-hydrogen) atoms. The highest BCUT2D eigenvalue weighted by Gasteiger charge is 2.55. The first kappa shape index (κ1) is 21.7. The number of benzene rings is 2. The Hall–Kier alpha value is -3.99. The summed E-state index contributed by atoms with van der Waals surface area (Å²) in [6, 6.07) is 11.7. The summed E-state index contributed by atoms with van der Waals surface area (Å²) in [5.74, 6) is -3.19. The molecule has 1 heterocycles. The van der Waals surface area contributed by atoms with Crippen LogP contribution in [-0.2, 0) is 11.2 Å². The normalized spacial score (nSPS) is 15.1. The summed E-state index contributed by atoms with van der Waals surface area (Å²) in [5.41, 5.74) is 16.7. The van der Waals surface area contributed by atoms with Crippen molar-refractivity contribution in [1.82, 2.24) is 0 Å². The van der Waals surface area contributed by atoms with Crippen LogP contribution < -0.4 is 21.9 Å². The lowest BCUT2D eigenvalue weighted by atomic mass is 10.1. The summed E-state index contributed by atoms with van der Waals surface area (Å²) in [5, 5.41) is 16.6. The Balaban J connectivity index is 2.20. The molecule has 0 atom stereocenters. The number of carboxylic acid groups (broad SMARTS) is 2. The molecule has 0 spiro atoms. The van der Waals surface area contributed by atoms with Crippen molar-refractivity contribution >= 4 is 38.1 Å². The van der Waals surface area contributed by atoms with Gasteiger partial charge < -0.3 is 32.2 Å². The highest BCUT2D eigenvalue weighted by Crippen LogP contribution is 2.71. The largest absolute Gasteiger partial charge is 0.492 e. The molecule has 10 nitrogen and oxygen atoms in total. The van der Waals surface area contributed by atoms with E-state index in [-0.39, 0.29) is 17.9 Å². The number of rotatable bonds is 6. The number of carboxylic acids is 2. The first-order chi connectivity index (χ1) is 14.6. The molecular weight excluding hydrogens is 426 g/mol. The highest BCUT2D eigenvalue weighted by atomic mass is 32.3. The molecule has 8 N–H and O–H groups in total. The average Bonchev–Trinajstić information content (AvgIpc) is 2.99. The van der Waals surface area contributed by atoms with E-state index in [1.807, 2.05) is 30.3 Å². The van der Waals surface area contributed by atoms with Crippen molar-refractivity contribution in [3.05, 3.63) is 64.1 Å². The molecule has 0 bridgehead atoms. The summed E-state index contributed by atoms with van der Waals surface area (Å²) in [6.07, 6.45) is 0.481. The van der Waals surface area contributed by atoms with Gasteiger partial charge in [-0.15, -0.1) is 0 Å². The maximum absolute atomic E-state index is 12.4. The number of hydrogen-bond acceptors (Lipinski definition) is 6. The zero-order valence-corrected chi connectivity index (χ0v) is 16.8. The monoisotopic (exact) mass is 445 g/mol. The van der Waals surface area contributed by atoms with Gasteiger partial charge in [-0.25, -0.2) is 9.59 Å². The number of aromatic carboxylic acids is 1. The fourth-order valence-corrected chi connectivity index (χ4v) is 6.38. The lowest BCUT2D eigenvalue weighted by molar-refractivity contribution is -0.131. The van der Waals surface area contributed by atoms with Gasteiger partial charge in [0.1, 0.15) is 10.7 Å². The molecule has 0 saturated heterocycles. The van der Waals surface area contributed by atoms with Crippen molar-refractivity contribution in [3.63, 3.8) is 0 Å². The van der Waals surface area contributed by atoms with Crippen molar-refractivity contribution in [1.29, 1.82) is 0 Å². The maximum Gasteiger partial charge on any atom is 0.344 e. The summed E-state index contributed by atoms with van der Waals surface area (Å²) >= 11 is 0. The van der Waals surface area contributed by atoms with E-state index in [2.05, 4.69) is 0 Å². The number of primary amides is 2. The Labute approximate surface area is 177 Å². The Bertz CT molecular complexity index is 1130. The third kappa shape index (κ3) is 3.34. The third-order valence-electron chi connectivity index (χ3n) is 4.77. The lowest BCUT2D eigenvalue weighted by Crippen LogP contribution is -2.33. The fraction of sp³-hybridized carbons (Fsp3) is 0.100. The van der Waals surface area contributed by atoms with E-state index in [1.165, 1.54) is 6.07 Å². The highest BCUT2D eigenvalue weighted by molar-refractivity contribution is 8.58. The first-order valence-electron chi connectivity index (χ1n) is 8.86. The van der Waals surface area contributed by atoms with E-state index in [0.29, 0.717) is 6.42 Å². The van der Waals surface area contributed by atoms with Gasteiger partial charge in [-0.05, 0) is 27.7 Å². The molecule has 0 saturated carbocycles. The van der Waals surface area contributed by atoms with Gasteiger partial charge in [0.2, 0.25) is 0 Å². The Morgan fingerprint density at radius 1 is 0.903 bits per heavy atom. The van der Waals surface area contributed by atoms with Gasteiger partial charge in [-0.1, -0.05) is 30.3 Å². The predicted octanol–water partition coefficient (Wildman–Crippen LogP) is 2.05. The van der Waals surface area contributed by atoms with Crippen molar-refractivity contribution in [3.8, 4) is 5.75 Å². The molecule has 1 aliphatic rings. The van der Waals surface area contributed by atoms with Gasteiger partial charge >= 0.3 is 11.9 Å². The quantitative estimate of drug-likeness (QED) is 0.445. The van der Waals surface area contributed by atoms with E-state index >= 15 is 0 Å². The SMILES string of the molecule is NC(=O)S1(C(N)=O)C(C(=O)O)=C(N)c2c(OCCc3ccccc3)ccc(C(=O)O)c21.